The van der Waals surface area contributed by atoms with Crippen LogP contribution in [0.5, 0.6) is 0 Å². The van der Waals surface area contributed by atoms with E-state index in [0.29, 0.717) is 46.9 Å². The molecule has 0 saturated heterocycles. The van der Waals surface area contributed by atoms with Gasteiger partial charge in [-0.2, -0.15) is 0 Å². The van der Waals surface area contributed by atoms with Crippen LogP contribution in [0.1, 0.15) is 39.3 Å². The fourth-order valence-electron chi connectivity index (χ4n) is 3.76. The van der Waals surface area contributed by atoms with Crippen molar-refractivity contribution in [1.29, 1.82) is 0 Å². The SMILES string of the molecule is CN(C)c1ccc(NC(=O)c2cc3c(n(-c4ccc(Cl)cc4)c2=O)CCCC3=O)cc1. The Morgan fingerprint density at radius 1 is 1.00 bits per heavy atom. The van der Waals surface area contributed by atoms with E-state index in [9.17, 15) is 14.4 Å². The second-order valence-corrected chi connectivity index (χ2v) is 8.14. The number of fused-ring (bicyclic) bond motifs is 1. The smallest absolute Gasteiger partial charge is 0.268 e. The van der Waals surface area contributed by atoms with Crippen LogP contribution >= 0.6 is 11.6 Å². The average molecular weight is 436 g/mol. The molecule has 0 fully saturated rings. The number of rotatable bonds is 4. The molecule has 1 aromatic heterocycles. The van der Waals surface area contributed by atoms with Crippen molar-refractivity contribution in [3.05, 3.63) is 86.8 Å². The fraction of sp³-hybridized carbons (Fsp3) is 0.208. The monoisotopic (exact) mass is 435 g/mol. The summed E-state index contributed by atoms with van der Waals surface area (Å²) in [6.07, 6.45) is 1.66. The molecule has 31 heavy (non-hydrogen) atoms. The van der Waals surface area contributed by atoms with Gasteiger partial charge in [0, 0.05) is 53.9 Å². The molecule has 4 rings (SSSR count). The molecular formula is C24H22ClN3O3. The maximum Gasteiger partial charge on any atom is 0.268 e. The van der Waals surface area contributed by atoms with Crippen LogP contribution in [-0.4, -0.2) is 30.4 Å². The van der Waals surface area contributed by atoms with Crippen molar-refractivity contribution in [2.75, 3.05) is 24.3 Å². The number of hydrogen-bond acceptors (Lipinski definition) is 4. The summed E-state index contributed by atoms with van der Waals surface area (Å²) in [5.74, 6) is -0.611. The van der Waals surface area contributed by atoms with Gasteiger partial charge in [0.15, 0.2) is 5.78 Å². The van der Waals surface area contributed by atoms with Gasteiger partial charge in [0.25, 0.3) is 11.5 Å². The Hall–Kier alpha value is -3.38. The molecular weight excluding hydrogens is 414 g/mol. The van der Waals surface area contributed by atoms with E-state index in [2.05, 4.69) is 5.32 Å². The Kier molecular flexibility index (Phi) is 5.65. The number of benzene rings is 2. The molecule has 0 aliphatic heterocycles. The zero-order valence-corrected chi connectivity index (χ0v) is 18.1. The summed E-state index contributed by atoms with van der Waals surface area (Å²) in [7, 11) is 3.86. The highest BCUT2D eigenvalue weighted by Gasteiger charge is 2.26. The lowest BCUT2D eigenvalue weighted by Gasteiger charge is -2.21. The first kappa shape index (κ1) is 20.9. The average Bonchev–Trinajstić information content (AvgIpc) is 2.75. The minimum atomic E-state index is -0.550. The first-order valence-electron chi connectivity index (χ1n) is 10.0. The van der Waals surface area contributed by atoms with Crippen LogP contribution in [0.4, 0.5) is 11.4 Å². The Bertz CT molecular complexity index is 1210. The number of nitrogens with one attached hydrogen (secondary N) is 1. The predicted octanol–water partition coefficient (Wildman–Crippen LogP) is 4.33. The molecule has 6 nitrogen and oxygen atoms in total. The summed E-state index contributed by atoms with van der Waals surface area (Å²) in [5.41, 5.74) is 2.66. The van der Waals surface area contributed by atoms with E-state index in [1.165, 1.54) is 10.6 Å². The lowest BCUT2D eigenvalue weighted by molar-refractivity contribution is 0.0971. The van der Waals surface area contributed by atoms with Crippen molar-refractivity contribution >= 4 is 34.7 Å². The zero-order chi connectivity index (χ0) is 22.1. The number of nitrogens with zero attached hydrogens (tertiary/aromatic N) is 2. The molecule has 0 unspecified atom stereocenters. The van der Waals surface area contributed by atoms with Crippen LogP contribution in [0.25, 0.3) is 5.69 Å². The molecule has 0 atom stereocenters. The van der Waals surface area contributed by atoms with E-state index in [0.717, 1.165) is 5.69 Å². The molecule has 1 aliphatic rings. The molecule has 3 aromatic rings. The van der Waals surface area contributed by atoms with E-state index in [1.807, 2.05) is 31.1 Å². The molecule has 1 amide bonds. The summed E-state index contributed by atoms with van der Waals surface area (Å²) in [4.78, 5) is 40.9. The minimum absolute atomic E-state index is 0.0617. The Morgan fingerprint density at radius 2 is 1.68 bits per heavy atom. The highest BCUT2D eigenvalue weighted by Crippen LogP contribution is 2.25. The highest BCUT2D eigenvalue weighted by molar-refractivity contribution is 6.30. The molecule has 0 spiro atoms. The quantitative estimate of drug-likeness (QED) is 0.662. The standard InChI is InChI=1S/C24H22ClN3O3/c1-27(2)17-12-8-16(9-13-17)26-23(30)20-14-19-21(4-3-5-22(19)29)28(24(20)31)18-10-6-15(25)7-11-18/h6-14H,3-5H2,1-2H3,(H,26,30). The number of ketones is 1. The van der Waals surface area contributed by atoms with E-state index in [1.54, 1.807) is 36.4 Å². The maximum atomic E-state index is 13.4. The number of carbonyl (C=O) groups excluding carboxylic acids is 2. The van der Waals surface area contributed by atoms with E-state index >= 15 is 0 Å². The van der Waals surface area contributed by atoms with Crippen molar-refractivity contribution in [1.82, 2.24) is 4.57 Å². The number of carbonyl (C=O) groups is 2. The van der Waals surface area contributed by atoms with Crippen molar-refractivity contribution in [3.8, 4) is 5.69 Å². The topological polar surface area (TPSA) is 71.4 Å². The van der Waals surface area contributed by atoms with Crippen LogP contribution in [0.3, 0.4) is 0 Å². The number of anilines is 2. The van der Waals surface area contributed by atoms with Crippen molar-refractivity contribution in [2.45, 2.75) is 19.3 Å². The minimum Gasteiger partial charge on any atom is -0.378 e. The van der Waals surface area contributed by atoms with Crippen molar-refractivity contribution in [2.24, 2.45) is 0 Å². The van der Waals surface area contributed by atoms with E-state index < -0.39 is 11.5 Å². The lowest BCUT2D eigenvalue weighted by Crippen LogP contribution is -2.33. The number of pyridine rings is 1. The Labute approximate surface area is 185 Å². The van der Waals surface area contributed by atoms with Crippen LogP contribution in [-0.2, 0) is 6.42 Å². The summed E-state index contributed by atoms with van der Waals surface area (Å²) in [5, 5.41) is 3.31. The van der Waals surface area contributed by atoms with Crippen molar-refractivity contribution < 1.29 is 9.59 Å². The normalized spacial score (nSPS) is 12.9. The third-order valence-corrected chi connectivity index (χ3v) is 5.64. The van der Waals surface area contributed by atoms with Gasteiger partial charge in [-0.25, -0.2) is 0 Å². The summed E-state index contributed by atoms with van der Waals surface area (Å²) < 4.78 is 1.47. The first-order chi connectivity index (χ1) is 14.8. The van der Waals surface area contributed by atoms with Gasteiger partial charge in [0.1, 0.15) is 5.56 Å². The zero-order valence-electron chi connectivity index (χ0n) is 17.3. The van der Waals surface area contributed by atoms with Gasteiger partial charge in [-0.1, -0.05) is 11.6 Å². The number of aromatic nitrogens is 1. The second-order valence-electron chi connectivity index (χ2n) is 7.71. The molecule has 0 saturated carbocycles. The van der Waals surface area contributed by atoms with Gasteiger partial charge in [-0.05, 0) is 67.4 Å². The number of Topliss-reactive ketones (excluding diaryl/α,β-unsaturated/α-hetero) is 1. The summed E-state index contributed by atoms with van der Waals surface area (Å²) in [6.45, 7) is 0. The van der Waals surface area contributed by atoms with Gasteiger partial charge < -0.3 is 10.2 Å². The van der Waals surface area contributed by atoms with Crippen LogP contribution < -0.4 is 15.8 Å². The van der Waals surface area contributed by atoms with Crippen molar-refractivity contribution in [3.63, 3.8) is 0 Å². The van der Waals surface area contributed by atoms with E-state index in [-0.39, 0.29) is 11.3 Å². The second kappa shape index (κ2) is 8.40. The molecule has 1 aliphatic carbocycles. The molecule has 2 aromatic carbocycles. The third kappa shape index (κ3) is 4.11. The van der Waals surface area contributed by atoms with Crippen LogP contribution in [0, 0.1) is 0 Å². The molecule has 1 heterocycles. The molecule has 7 heteroatoms. The van der Waals surface area contributed by atoms with Gasteiger partial charge in [0.2, 0.25) is 0 Å². The molecule has 158 valence electrons. The molecule has 0 radical (unpaired) electrons. The number of amides is 1. The highest BCUT2D eigenvalue weighted by atomic mass is 35.5. The Balaban J connectivity index is 1.79. The number of halogens is 1. The first-order valence-corrected chi connectivity index (χ1v) is 10.4. The van der Waals surface area contributed by atoms with Gasteiger partial charge in [-0.15, -0.1) is 0 Å². The van der Waals surface area contributed by atoms with Crippen LogP contribution in [0.2, 0.25) is 5.02 Å². The van der Waals surface area contributed by atoms with E-state index in [4.69, 9.17) is 11.6 Å². The van der Waals surface area contributed by atoms with Gasteiger partial charge in [0.05, 0.1) is 0 Å². The maximum absolute atomic E-state index is 13.4. The van der Waals surface area contributed by atoms with Gasteiger partial charge >= 0.3 is 0 Å². The summed E-state index contributed by atoms with van der Waals surface area (Å²) >= 11 is 6.00. The fourth-order valence-corrected chi connectivity index (χ4v) is 3.89. The largest absolute Gasteiger partial charge is 0.378 e. The number of hydrogen-bond donors (Lipinski definition) is 1. The molecule has 0 bridgehead atoms. The Morgan fingerprint density at radius 3 is 2.32 bits per heavy atom. The summed E-state index contributed by atoms with van der Waals surface area (Å²) in [6, 6.07) is 15.5. The van der Waals surface area contributed by atoms with Crippen LogP contribution in [0.15, 0.2) is 59.4 Å². The molecule has 1 N–H and O–H groups in total. The lowest BCUT2D eigenvalue weighted by atomic mass is 9.92. The third-order valence-electron chi connectivity index (χ3n) is 5.39. The van der Waals surface area contributed by atoms with Gasteiger partial charge in [-0.3, -0.25) is 19.0 Å². The predicted molar refractivity (Wildman–Crippen MR) is 123 cm³/mol.